The van der Waals surface area contributed by atoms with Gasteiger partial charge in [-0.1, -0.05) is 0 Å². The van der Waals surface area contributed by atoms with Crippen LogP contribution >= 0.6 is 0 Å². The second-order valence-electron chi connectivity index (χ2n) is 6.72. The average molecular weight is 377 g/mol. The van der Waals surface area contributed by atoms with Gasteiger partial charge in [0, 0.05) is 49.6 Å². The molecule has 0 aromatic heterocycles. The van der Waals surface area contributed by atoms with Crippen molar-refractivity contribution in [2.24, 2.45) is 0 Å². The fourth-order valence-electron chi connectivity index (χ4n) is 3.21. The standard InChI is InChI=1S/C18H23N3O6/c22-17(19-10-15-3-1-5-26-15)12-7-13(9-14(8-12)21(24)25)18(23)20-11-16-4-2-6-27-16/h7-9,15-16H,1-6,10-11H2,(H,19,22)(H,20,23)/t15-,16-/m0/s1. The number of nitrogens with zero attached hydrogens (tertiary/aromatic N) is 1. The lowest BCUT2D eigenvalue weighted by Gasteiger charge is -2.12. The number of nitro benzene ring substituents is 1. The summed E-state index contributed by atoms with van der Waals surface area (Å²) in [5.74, 6) is -0.940. The van der Waals surface area contributed by atoms with Crippen molar-refractivity contribution in [3.05, 3.63) is 39.4 Å². The van der Waals surface area contributed by atoms with Crippen molar-refractivity contribution in [2.45, 2.75) is 37.9 Å². The minimum Gasteiger partial charge on any atom is -0.376 e. The van der Waals surface area contributed by atoms with Gasteiger partial charge in [-0.25, -0.2) is 0 Å². The summed E-state index contributed by atoms with van der Waals surface area (Å²) < 4.78 is 10.9. The van der Waals surface area contributed by atoms with Crippen LogP contribution in [0.5, 0.6) is 0 Å². The Labute approximate surface area is 156 Å². The molecule has 0 spiro atoms. The van der Waals surface area contributed by atoms with E-state index in [2.05, 4.69) is 10.6 Å². The molecule has 1 aromatic carbocycles. The van der Waals surface area contributed by atoms with Gasteiger partial charge in [-0.05, 0) is 31.7 Å². The Balaban J connectivity index is 1.68. The smallest absolute Gasteiger partial charge is 0.271 e. The largest absolute Gasteiger partial charge is 0.376 e. The molecule has 27 heavy (non-hydrogen) atoms. The maximum atomic E-state index is 12.4. The molecule has 1 aromatic rings. The molecule has 0 bridgehead atoms. The SMILES string of the molecule is O=C(NC[C@@H]1CCCO1)c1cc(C(=O)NC[C@@H]2CCCO2)cc([N+](=O)[O-])c1. The number of benzene rings is 1. The van der Waals surface area contributed by atoms with E-state index in [9.17, 15) is 19.7 Å². The molecule has 2 heterocycles. The lowest BCUT2D eigenvalue weighted by molar-refractivity contribution is -0.384. The maximum absolute atomic E-state index is 12.4. The van der Waals surface area contributed by atoms with Crippen molar-refractivity contribution in [2.75, 3.05) is 26.3 Å². The lowest BCUT2D eigenvalue weighted by Crippen LogP contribution is -2.33. The van der Waals surface area contributed by atoms with E-state index in [0.717, 1.165) is 25.7 Å². The third-order valence-corrected chi connectivity index (χ3v) is 4.68. The first-order valence-electron chi connectivity index (χ1n) is 9.12. The molecule has 9 heteroatoms. The van der Waals surface area contributed by atoms with Crippen molar-refractivity contribution in [3.8, 4) is 0 Å². The van der Waals surface area contributed by atoms with Crippen LogP contribution in [0.2, 0.25) is 0 Å². The number of rotatable bonds is 7. The Hall–Kier alpha value is -2.52. The molecule has 0 aliphatic carbocycles. The quantitative estimate of drug-likeness (QED) is 0.548. The van der Waals surface area contributed by atoms with E-state index < -0.39 is 16.7 Å². The minimum atomic E-state index is -0.617. The van der Waals surface area contributed by atoms with E-state index in [1.54, 1.807) is 0 Å². The molecule has 9 nitrogen and oxygen atoms in total. The molecule has 146 valence electrons. The molecular formula is C18H23N3O6. The molecule has 2 atom stereocenters. The molecule has 0 saturated carbocycles. The van der Waals surface area contributed by atoms with E-state index in [-0.39, 0.29) is 29.0 Å². The van der Waals surface area contributed by atoms with Crippen molar-refractivity contribution < 1.29 is 24.0 Å². The number of hydrogen-bond donors (Lipinski definition) is 2. The van der Waals surface area contributed by atoms with Gasteiger partial charge in [0.2, 0.25) is 0 Å². The van der Waals surface area contributed by atoms with Gasteiger partial charge in [-0.2, -0.15) is 0 Å². The van der Waals surface area contributed by atoms with Crippen LogP contribution in [0.3, 0.4) is 0 Å². The van der Waals surface area contributed by atoms with E-state index >= 15 is 0 Å². The Kier molecular flexibility index (Phi) is 6.36. The zero-order valence-corrected chi connectivity index (χ0v) is 14.9. The summed E-state index contributed by atoms with van der Waals surface area (Å²) in [6, 6.07) is 3.70. The molecular weight excluding hydrogens is 354 g/mol. The van der Waals surface area contributed by atoms with Crippen molar-refractivity contribution in [1.82, 2.24) is 10.6 Å². The monoisotopic (exact) mass is 377 g/mol. The summed E-state index contributed by atoms with van der Waals surface area (Å²) in [5.41, 5.74) is -0.157. The summed E-state index contributed by atoms with van der Waals surface area (Å²) in [4.78, 5) is 35.3. The average Bonchev–Trinajstić information content (AvgIpc) is 3.37. The molecule has 2 saturated heterocycles. The number of ether oxygens (including phenoxy) is 2. The van der Waals surface area contributed by atoms with Gasteiger partial charge in [0.15, 0.2) is 0 Å². The summed E-state index contributed by atoms with van der Waals surface area (Å²) >= 11 is 0. The second-order valence-corrected chi connectivity index (χ2v) is 6.72. The van der Waals surface area contributed by atoms with E-state index in [4.69, 9.17) is 9.47 Å². The van der Waals surface area contributed by atoms with Gasteiger partial charge in [0.05, 0.1) is 17.1 Å². The summed E-state index contributed by atoms with van der Waals surface area (Å²) in [6.07, 6.45) is 3.56. The highest BCUT2D eigenvalue weighted by Crippen LogP contribution is 2.18. The first kappa shape index (κ1) is 19.2. The van der Waals surface area contributed by atoms with Crippen molar-refractivity contribution in [3.63, 3.8) is 0 Å². The lowest BCUT2D eigenvalue weighted by atomic mass is 10.1. The number of nitro groups is 1. The molecule has 2 N–H and O–H groups in total. The number of carbonyl (C=O) groups is 2. The summed E-state index contributed by atoms with van der Waals surface area (Å²) in [5, 5.41) is 16.6. The molecule has 2 amide bonds. The van der Waals surface area contributed by atoms with Gasteiger partial charge in [0.25, 0.3) is 17.5 Å². The van der Waals surface area contributed by atoms with Crippen LogP contribution in [0.25, 0.3) is 0 Å². The van der Waals surface area contributed by atoms with E-state index in [0.29, 0.717) is 26.3 Å². The fraction of sp³-hybridized carbons (Fsp3) is 0.556. The topological polar surface area (TPSA) is 120 Å². The number of hydrogen-bond acceptors (Lipinski definition) is 6. The van der Waals surface area contributed by atoms with E-state index in [1.807, 2.05) is 0 Å². The van der Waals surface area contributed by atoms with Crippen molar-refractivity contribution in [1.29, 1.82) is 0 Å². The Morgan fingerprint density at radius 1 is 0.963 bits per heavy atom. The van der Waals surface area contributed by atoms with Crippen molar-refractivity contribution >= 4 is 17.5 Å². The highest BCUT2D eigenvalue weighted by atomic mass is 16.6. The van der Waals surface area contributed by atoms with Gasteiger partial charge in [0.1, 0.15) is 0 Å². The fourth-order valence-corrected chi connectivity index (χ4v) is 3.21. The number of carbonyl (C=O) groups excluding carboxylic acids is 2. The number of nitrogens with one attached hydrogen (secondary N) is 2. The summed E-state index contributed by atoms with van der Waals surface area (Å²) in [6.45, 7) is 2.02. The first-order valence-corrected chi connectivity index (χ1v) is 9.12. The molecule has 0 unspecified atom stereocenters. The normalized spacial score (nSPS) is 21.8. The predicted octanol–water partition coefficient (Wildman–Crippen LogP) is 1.41. The van der Waals surface area contributed by atoms with Crippen LogP contribution in [-0.2, 0) is 9.47 Å². The summed E-state index contributed by atoms with van der Waals surface area (Å²) in [7, 11) is 0. The van der Waals surface area contributed by atoms with E-state index in [1.165, 1.54) is 18.2 Å². The number of amides is 2. The van der Waals surface area contributed by atoms with Crippen LogP contribution in [0.4, 0.5) is 5.69 Å². The third-order valence-electron chi connectivity index (χ3n) is 4.68. The minimum absolute atomic E-state index is 0.0400. The molecule has 2 aliphatic heterocycles. The van der Waals surface area contributed by atoms with Crippen LogP contribution in [0.1, 0.15) is 46.4 Å². The molecule has 2 fully saturated rings. The zero-order valence-electron chi connectivity index (χ0n) is 14.9. The van der Waals surface area contributed by atoms with Gasteiger partial charge >= 0.3 is 0 Å². The third kappa shape index (κ3) is 5.24. The second kappa shape index (κ2) is 8.92. The molecule has 2 aliphatic rings. The van der Waals surface area contributed by atoms with Gasteiger partial charge < -0.3 is 20.1 Å². The number of non-ortho nitro benzene ring substituents is 1. The Morgan fingerprint density at radius 3 is 1.81 bits per heavy atom. The zero-order chi connectivity index (χ0) is 19.2. The van der Waals surface area contributed by atoms with Gasteiger partial charge in [-0.15, -0.1) is 0 Å². The highest BCUT2D eigenvalue weighted by Gasteiger charge is 2.21. The maximum Gasteiger partial charge on any atom is 0.271 e. The van der Waals surface area contributed by atoms with Crippen LogP contribution < -0.4 is 10.6 Å². The predicted molar refractivity (Wildman–Crippen MR) is 95.7 cm³/mol. The molecule has 0 radical (unpaired) electrons. The van der Waals surface area contributed by atoms with Crippen LogP contribution in [0, 0.1) is 10.1 Å². The Bertz CT molecular complexity index is 661. The van der Waals surface area contributed by atoms with Gasteiger partial charge in [-0.3, -0.25) is 19.7 Å². The van der Waals surface area contributed by atoms with Crippen LogP contribution in [-0.4, -0.2) is 55.2 Å². The Morgan fingerprint density at radius 2 is 1.44 bits per heavy atom. The molecule has 3 rings (SSSR count). The van der Waals surface area contributed by atoms with Crippen LogP contribution in [0.15, 0.2) is 18.2 Å². The highest BCUT2D eigenvalue weighted by molar-refractivity contribution is 6.00. The first-order chi connectivity index (χ1) is 13.0.